The van der Waals surface area contributed by atoms with E-state index >= 15 is 0 Å². The molecule has 1 aromatic heterocycles. The van der Waals surface area contributed by atoms with Crippen molar-refractivity contribution in [2.75, 3.05) is 7.05 Å². The smallest absolute Gasteiger partial charge is 0.0640 e. The average molecular weight is 207 g/mol. The first kappa shape index (κ1) is 10.7. The molecule has 0 spiro atoms. The first-order valence-electron chi connectivity index (χ1n) is 6.01. The maximum absolute atomic E-state index is 4.66. The first-order chi connectivity index (χ1) is 7.29. The molecule has 1 fully saturated rings. The maximum Gasteiger partial charge on any atom is 0.0640 e. The summed E-state index contributed by atoms with van der Waals surface area (Å²) < 4.78 is 2.17. The molecule has 1 saturated carbocycles. The molecule has 0 bridgehead atoms. The van der Waals surface area contributed by atoms with Crippen LogP contribution in [-0.2, 0) is 6.42 Å². The van der Waals surface area contributed by atoms with Crippen LogP contribution in [0.5, 0.6) is 0 Å². The molecule has 0 aliphatic heterocycles. The van der Waals surface area contributed by atoms with Crippen LogP contribution >= 0.6 is 0 Å². The van der Waals surface area contributed by atoms with Crippen LogP contribution in [0, 0.1) is 0 Å². The molecule has 1 atom stereocenters. The molecule has 84 valence electrons. The Hall–Kier alpha value is -0.830. The number of hydrogen-bond acceptors (Lipinski definition) is 2. The van der Waals surface area contributed by atoms with Gasteiger partial charge in [0.2, 0.25) is 0 Å². The molecule has 0 radical (unpaired) electrons. The van der Waals surface area contributed by atoms with Crippen molar-refractivity contribution in [3.63, 3.8) is 0 Å². The SMILES string of the molecule is CNC(C)Cc1ccn(C2CCCC2)n1. The molecular weight excluding hydrogens is 186 g/mol. The molecule has 1 aliphatic carbocycles. The van der Waals surface area contributed by atoms with E-state index in [1.165, 1.54) is 31.4 Å². The fourth-order valence-electron chi connectivity index (χ4n) is 2.27. The summed E-state index contributed by atoms with van der Waals surface area (Å²) >= 11 is 0. The number of likely N-dealkylation sites (N-methyl/N-ethyl adjacent to an activating group) is 1. The molecule has 1 aromatic rings. The Labute approximate surface area is 91.9 Å². The van der Waals surface area contributed by atoms with E-state index in [1.54, 1.807) is 0 Å². The summed E-state index contributed by atoms with van der Waals surface area (Å²) in [6.45, 7) is 2.19. The van der Waals surface area contributed by atoms with Gasteiger partial charge < -0.3 is 5.32 Å². The molecular formula is C12H21N3. The lowest BCUT2D eigenvalue weighted by atomic mass is 10.2. The second kappa shape index (κ2) is 4.79. The zero-order chi connectivity index (χ0) is 10.7. The molecule has 1 heterocycles. The predicted octanol–water partition coefficient (Wildman–Crippen LogP) is 2.15. The summed E-state index contributed by atoms with van der Waals surface area (Å²) in [7, 11) is 2.00. The second-order valence-corrected chi connectivity index (χ2v) is 4.62. The largest absolute Gasteiger partial charge is 0.317 e. The Balaban J connectivity index is 1.97. The molecule has 0 saturated heterocycles. The molecule has 0 amide bonds. The van der Waals surface area contributed by atoms with Crippen molar-refractivity contribution in [1.29, 1.82) is 0 Å². The Morgan fingerprint density at radius 3 is 2.93 bits per heavy atom. The van der Waals surface area contributed by atoms with Crippen LogP contribution in [0.1, 0.15) is 44.3 Å². The summed E-state index contributed by atoms with van der Waals surface area (Å²) in [6.07, 6.45) is 8.52. The van der Waals surface area contributed by atoms with Crippen molar-refractivity contribution in [2.45, 2.75) is 51.1 Å². The van der Waals surface area contributed by atoms with Crippen LogP contribution in [0.2, 0.25) is 0 Å². The minimum absolute atomic E-state index is 0.511. The summed E-state index contributed by atoms with van der Waals surface area (Å²) in [5.41, 5.74) is 1.21. The van der Waals surface area contributed by atoms with Crippen LogP contribution < -0.4 is 5.32 Å². The standard InChI is InChI=1S/C12H21N3/c1-10(13-2)9-11-7-8-15(14-11)12-5-3-4-6-12/h7-8,10,12-13H,3-6,9H2,1-2H3. The average Bonchev–Trinajstić information content (AvgIpc) is 2.85. The van der Waals surface area contributed by atoms with Crippen LogP contribution in [0.25, 0.3) is 0 Å². The Morgan fingerprint density at radius 1 is 1.53 bits per heavy atom. The fourth-order valence-corrected chi connectivity index (χ4v) is 2.27. The molecule has 3 nitrogen and oxygen atoms in total. The van der Waals surface area contributed by atoms with Crippen molar-refractivity contribution < 1.29 is 0 Å². The third kappa shape index (κ3) is 2.59. The van der Waals surface area contributed by atoms with Crippen LogP contribution in [0.15, 0.2) is 12.3 Å². The highest BCUT2D eigenvalue weighted by Crippen LogP contribution is 2.28. The van der Waals surface area contributed by atoms with Gasteiger partial charge in [0.1, 0.15) is 0 Å². The number of rotatable bonds is 4. The molecule has 15 heavy (non-hydrogen) atoms. The minimum atomic E-state index is 0.511. The number of aromatic nitrogens is 2. The van der Waals surface area contributed by atoms with Gasteiger partial charge in [-0.15, -0.1) is 0 Å². The van der Waals surface area contributed by atoms with Gasteiger partial charge >= 0.3 is 0 Å². The van der Waals surface area contributed by atoms with Crippen LogP contribution in [-0.4, -0.2) is 22.9 Å². The number of nitrogens with zero attached hydrogens (tertiary/aromatic N) is 2. The van der Waals surface area contributed by atoms with Gasteiger partial charge in [-0.2, -0.15) is 5.10 Å². The molecule has 1 unspecified atom stereocenters. The van der Waals surface area contributed by atoms with Crippen LogP contribution in [0.3, 0.4) is 0 Å². The highest BCUT2D eigenvalue weighted by Gasteiger charge is 2.17. The van der Waals surface area contributed by atoms with E-state index in [1.807, 2.05) is 7.05 Å². The second-order valence-electron chi connectivity index (χ2n) is 4.62. The summed E-state index contributed by atoms with van der Waals surface area (Å²) in [4.78, 5) is 0. The maximum atomic E-state index is 4.66. The van der Waals surface area contributed by atoms with E-state index in [2.05, 4.69) is 34.3 Å². The van der Waals surface area contributed by atoms with Gasteiger partial charge in [-0.1, -0.05) is 12.8 Å². The van der Waals surface area contributed by atoms with Gasteiger partial charge in [-0.3, -0.25) is 4.68 Å². The Morgan fingerprint density at radius 2 is 2.27 bits per heavy atom. The molecule has 2 rings (SSSR count). The van der Waals surface area contributed by atoms with E-state index in [4.69, 9.17) is 0 Å². The lowest BCUT2D eigenvalue weighted by Crippen LogP contribution is -2.23. The van der Waals surface area contributed by atoms with E-state index in [-0.39, 0.29) is 0 Å². The third-order valence-electron chi connectivity index (χ3n) is 3.37. The zero-order valence-electron chi connectivity index (χ0n) is 9.74. The molecule has 1 aliphatic rings. The van der Waals surface area contributed by atoms with Crippen molar-refractivity contribution in [2.24, 2.45) is 0 Å². The normalized spacial score (nSPS) is 19.6. The van der Waals surface area contributed by atoms with Gasteiger partial charge in [0.15, 0.2) is 0 Å². The van der Waals surface area contributed by atoms with E-state index in [0.29, 0.717) is 12.1 Å². The monoisotopic (exact) mass is 207 g/mol. The lowest BCUT2D eigenvalue weighted by molar-refractivity contribution is 0.460. The quantitative estimate of drug-likeness (QED) is 0.820. The Kier molecular flexibility index (Phi) is 3.41. The molecule has 1 N–H and O–H groups in total. The highest BCUT2D eigenvalue weighted by molar-refractivity contribution is 5.02. The fraction of sp³-hybridized carbons (Fsp3) is 0.750. The van der Waals surface area contributed by atoms with Crippen molar-refractivity contribution in [3.05, 3.63) is 18.0 Å². The van der Waals surface area contributed by atoms with E-state index in [9.17, 15) is 0 Å². The topological polar surface area (TPSA) is 29.9 Å². The van der Waals surface area contributed by atoms with Crippen molar-refractivity contribution in [1.82, 2.24) is 15.1 Å². The summed E-state index contributed by atoms with van der Waals surface area (Å²) in [5, 5.41) is 7.90. The lowest BCUT2D eigenvalue weighted by Gasteiger charge is -2.10. The highest BCUT2D eigenvalue weighted by atomic mass is 15.3. The number of hydrogen-bond donors (Lipinski definition) is 1. The minimum Gasteiger partial charge on any atom is -0.317 e. The van der Waals surface area contributed by atoms with Gasteiger partial charge in [0, 0.05) is 18.7 Å². The van der Waals surface area contributed by atoms with Crippen LogP contribution in [0.4, 0.5) is 0 Å². The van der Waals surface area contributed by atoms with Gasteiger partial charge in [0.05, 0.1) is 11.7 Å². The van der Waals surface area contributed by atoms with Gasteiger partial charge in [0.25, 0.3) is 0 Å². The van der Waals surface area contributed by atoms with E-state index < -0.39 is 0 Å². The van der Waals surface area contributed by atoms with Crippen molar-refractivity contribution >= 4 is 0 Å². The Bertz CT molecular complexity index is 300. The summed E-state index contributed by atoms with van der Waals surface area (Å²) in [5.74, 6) is 0. The predicted molar refractivity (Wildman–Crippen MR) is 62.0 cm³/mol. The zero-order valence-corrected chi connectivity index (χ0v) is 9.74. The number of nitrogens with one attached hydrogen (secondary N) is 1. The molecule has 3 heteroatoms. The third-order valence-corrected chi connectivity index (χ3v) is 3.37. The van der Waals surface area contributed by atoms with E-state index in [0.717, 1.165) is 6.42 Å². The first-order valence-corrected chi connectivity index (χ1v) is 6.01. The van der Waals surface area contributed by atoms with Gasteiger partial charge in [-0.05, 0) is 32.9 Å². The molecule has 0 aromatic carbocycles. The van der Waals surface area contributed by atoms with Crippen molar-refractivity contribution in [3.8, 4) is 0 Å². The summed E-state index contributed by atoms with van der Waals surface area (Å²) in [6, 6.07) is 3.34. The van der Waals surface area contributed by atoms with Gasteiger partial charge in [-0.25, -0.2) is 0 Å².